The molecule has 0 amide bonds. The van der Waals surface area contributed by atoms with Gasteiger partial charge in [-0.25, -0.2) is 15.0 Å². The zero-order chi connectivity index (χ0) is 14.0. The van der Waals surface area contributed by atoms with Crippen LogP contribution in [0, 0.1) is 6.92 Å². The quantitative estimate of drug-likeness (QED) is 0.863. The van der Waals surface area contributed by atoms with Crippen molar-refractivity contribution >= 4 is 11.3 Å². The molecule has 0 aliphatic heterocycles. The molecule has 0 atom stereocenters. The highest BCUT2D eigenvalue weighted by atomic mass is 32.1. The maximum atomic E-state index is 5.18. The second-order valence-corrected chi connectivity index (χ2v) is 6.57. The van der Waals surface area contributed by atoms with Crippen LogP contribution >= 0.6 is 11.3 Å². The molecule has 0 fully saturated rings. The molecule has 0 aliphatic carbocycles. The van der Waals surface area contributed by atoms with E-state index in [9.17, 15) is 0 Å². The molecular formula is C14H19N3OS. The molecule has 19 heavy (non-hydrogen) atoms. The molecule has 0 radical (unpaired) electrons. The Hall–Kier alpha value is -1.33. The molecule has 0 saturated carbocycles. The maximum absolute atomic E-state index is 5.18. The second kappa shape index (κ2) is 5.35. The van der Waals surface area contributed by atoms with Crippen LogP contribution in [-0.2, 0) is 16.8 Å². The van der Waals surface area contributed by atoms with Crippen molar-refractivity contribution in [1.82, 2.24) is 15.0 Å². The molecule has 0 aliphatic rings. The van der Waals surface area contributed by atoms with Gasteiger partial charge in [-0.3, -0.25) is 0 Å². The number of methoxy groups -OCH3 is 1. The molecule has 2 aromatic heterocycles. The van der Waals surface area contributed by atoms with Crippen molar-refractivity contribution in [3.63, 3.8) is 0 Å². The first-order valence-electron chi connectivity index (χ1n) is 6.20. The van der Waals surface area contributed by atoms with Crippen molar-refractivity contribution in [3.05, 3.63) is 27.8 Å². The second-order valence-electron chi connectivity index (χ2n) is 5.50. The number of thiazole rings is 1. The highest BCUT2D eigenvalue weighted by Gasteiger charge is 2.19. The van der Waals surface area contributed by atoms with Gasteiger partial charge in [0.2, 0.25) is 0 Å². The minimum atomic E-state index is -0.0226. The van der Waals surface area contributed by atoms with Gasteiger partial charge in [0.05, 0.1) is 23.0 Å². The Labute approximate surface area is 117 Å². The minimum Gasteiger partial charge on any atom is -0.378 e. The molecule has 5 heteroatoms. The Morgan fingerprint density at radius 1 is 1.21 bits per heavy atom. The molecular weight excluding hydrogens is 258 g/mol. The molecule has 2 heterocycles. The van der Waals surface area contributed by atoms with Crippen molar-refractivity contribution in [2.45, 2.75) is 39.7 Å². The summed E-state index contributed by atoms with van der Waals surface area (Å²) in [6.07, 6.45) is 0. The van der Waals surface area contributed by atoms with E-state index in [1.54, 1.807) is 18.4 Å². The fourth-order valence-electron chi connectivity index (χ4n) is 1.68. The topological polar surface area (TPSA) is 47.9 Å². The van der Waals surface area contributed by atoms with Crippen LogP contribution < -0.4 is 0 Å². The fourth-order valence-corrected chi connectivity index (χ4v) is 2.28. The summed E-state index contributed by atoms with van der Waals surface area (Å²) >= 11 is 1.61. The lowest BCUT2D eigenvalue weighted by molar-refractivity contribution is 0.181. The normalized spacial score (nSPS) is 11.8. The lowest BCUT2D eigenvalue weighted by atomic mass is 9.91. The van der Waals surface area contributed by atoms with E-state index in [1.807, 2.05) is 18.4 Å². The van der Waals surface area contributed by atoms with Gasteiger partial charge in [-0.1, -0.05) is 20.8 Å². The van der Waals surface area contributed by atoms with Crippen molar-refractivity contribution in [3.8, 4) is 11.5 Å². The van der Waals surface area contributed by atoms with Crippen LogP contribution in [0.15, 0.2) is 11.4 Å². The van der Waals surface area contributed by atoms with Crippen LogP contribution in [0.2, 0.25) is 0 Å². The molecule has 102 valence electrons. The van der Waals surface area contributed by atoms with Gasteiger partial charge in [0.1, 0.15) is 5.69 Å². The lowest BCUT2D eigenvalue weighted by Gasteiger charge is -2.19. The lowest BCUT2D eigenvalue weighted by Crippen LogP contribution is -2.16. The monoisotopic (exact) mass is 277 g/mol. The molecule has 0 spiro atoms. The first-order valence-corrected chi connectivity index (χ1v) is 7.08. The third-order valence-corrected chi connectivity index (χ3v) is 3.46. The predicted molar refractivity (Wildman–Crippen MR) is 77.3 cm³/mol. The molecule has 0 N–H and O–H groups in total. The third kappa shape index (κ3) is 3.36. The van der Waals surface area contributed by atoms with Crippen molar-refractivity contribution in [2.24, 2.45) is 0 Å². The highest BCUT2D eigenvalue weighted by molar-refractivity contribution is 7.09. The molecule has 0 aromatic carbocycles. The van der Waals surface area contributed by atoms with E-state index in [2.05, 4.69) is 35.7 Å². The third-order valence-electron chi connectivity index (χ3n) is 2.69. The number of ether oxygens (including phenoxy) is 1. The minimum absolute atomic E-state index is 0.0226. The van der Waals surface area contributed by atoms with Gasteiger partial charge in [0.25, 0.3) is 0 Å². The molecule has 0 bridgehead atoms. The summed E-state index contributed by atoms with van der Waals surface area (Å²) in [5.41, 5.74) is 2.72. The van der Waals surface area contributed by atoms with Gasteiger partial charge >= 0.3 is 0 Å². The summed E-state index contributed by atoms with van der Waals surface area (Å²) in [6, 6.07) is 2.01. The van der Waals surface area contributed by atoms with E-state index in [0.29, 0.717) is 12.4 Å². The first-order chi connectivity index (χ1) is 8.90. The summed E-state index contributed by atoms with van der Waals surface area (Å²) < 4.78 is 5.18. The van der Waals surface area contributed by atoms with Crippen LogP contribution in [-0.4, -0.2) is 22.1 Å². The standard InChI is InChI=1S/C14H19N3OS/c1-9-15-11(8-19-9)13-16-10(7-18-5)6-12(17-13)14(2,3)4/h6,8H,7H2,1-5H3. The van der Waals surface area contributed by atoms with Gasteiger partial charge in [0.15, 0.2) is 5.82 Å². The number of nitrogens with zero attached hydrogens (tertiary/aromatic N) is 3. The van der Waals surface area contributed by atoms with Gasteiger partial charge in [-0.15, -0.1) is 11.3 Å². The Balaban J connectivity index is 2.51. The van der Waals surface area contributed by atoms with Crippen LogP contribution in [0.5, 0.6) is 0 Å². The summed E-state index contributed by atoms with van der Waals surface area (Å²) in [5, 5.41) is 3.02. The van der Waals surface area contributed by atoms with Crippen molar-refractivity contribution in [1.29, 1.82) is 0 Å². The largest absolute Gasteiger partial charge is 0.378 e. The fraction of sp³-hybridized carbons (Fsp3) is 0.500. The van der Waals surface area contributed by atoms with Crippen LogP contribution in [0.3, 0.4) is 0 Å². The summed E-state index contributed by atoms with van der Waals surface area (Å²) in [5.74, 6) is 0.684. The van der Waals surface area contributed by atoms with E-state index >= 15 is 0 Å². The average molecular weight is 277 g/mol. The molecule has 0 unspecified atom stereocenters. The van der Waals surface area contributed by atoms with Gasteiger partial charge in [-0.05, 0) is 13.0 Å². The molecule has 2 aromatic rings. The van der Waals surface area contributed by atoms with E-state index < -0.39 is 0 Å². The number of rotatable bonds is 3. The molecule has 0 saturated heterocycles. The molecule has 4 nitrogen and oxygen atoms in total. The zero-order valence-corrected chi connectivity index (χ0v) is 12.8. The van der Waals surface area contributed by atoms with Gasteiger partial charge in [-0.2, -0.15) is 0 Å². The van der Waals surface area contributed by atoms with E-state index in [1.165, 1.54) is 0 Å². The Bertz CT molecular complexity index is 572. The van der Waals surface area contributed by atoms with E-state index in [0.717, 1.165) is 22.1 Å². The zero-order valence-electron chi connectivity index (χ0n) is 12.0. The average Bonchev–Trinajstić information content (AvgIpc) is 2.75. The van der Waals surface area contributed by atoms with E-state index in [4.69, 9.17) is 4.74 Å². The number of hydrogen-bond acceptors (Lipinski definition) is 5. The SMILES string of the molecule is COCc1cc(C(C)(C)C)nc(-c2csc(C)n2)n1. The van der Waals surface area contributed by atoms with Crippen LogP contribution in [0.4, 0.5) is 0 Å². The first kappa shape index (κ1) is 14.1. The summed E-state index contributed by atoms with van der Waals surface area (Å²) in [7, 11) is 1.67. The number of aryl methyl sites for hydroxylation is 1. The van der Waals surface area contributed by atoms with Crippen molar-refractivity contribution in [2.75, 3.05) is 7.11 Å². The Morgan fingerprint density at radius 2 is 1.95 bits per heavy atom. The molecule has 2 rings (SSSR count). The number of hydrogen-bond donors (Lipinski definition) is 0. The van der Waals surface area contributed by atoms with Gasteiger partial charge < -0.3 is 4.74 Å². The van der Waals surface area contributed by atoms with Crippen LogP contribution in [0.1, 0.15) is 37.2 Å². The van der Waals surface area contributed by atoms with Crippen LogP contribution in [0.25, 0.3) is 11.5 Å². The van der Waals surface area contributed by atoms with E-state index in [-0.39, 0.29) is 5.41 Å². The number of aromatic nitrogens is 3. The predicted octanol–water partition coefficient (Wildman–Crippen LogP) is 3.35. The Morgan fingerprint density at radius 3 is 2.47 bits per heavy atom. The summed E-state index contributed by atoms with van der Waals surface area (Å²) in [6.45, 7) is 8.89. The van der Waals surface area contributed by atoms with Gasteiger partial charge in [0, 0.05) is 17.9 Å². The maximum Gasteiger partial charge on any atom is 0.179 e. The smallest absolute Gasteiger partial charge is 0.179 e. The highest BCUT2D eigenvalue weighted by Crippen LogP contribution is 2.25. The Kier molecular flexibility index (Phi) is 3.96. The van der Waals surface area contributed by atoms with Crippen molar-refractivity contribution < 1.29 is 4.74 Å². The summed E-state index contributed by atoms with van der Waals surface area (Å²) in [4.78, 5) is 13.6.